The first kappa shape index (κ1) is 11.7. The maximum Gasteiger partial charge on any atom is 0.0527 e. The number of nitrogens with zero attached hydrogens (tertiary/aromatic N) is 2. The second-order valence-corrected chi connectivity index (χ2v) is 5.04. The van der Waals surface area contributed by atoms with Crippen molar-refractivity contribution in [1.29, 1.82) is 0 Å². The Bertz CT molecular complexity index is 332. The van der Waals surface area contributed by atoms with E-state index in [0.717, 1.165) is 13.0 Å². The van der Waals surface area contributed by atoms with E-state index in [4.69, 9.17) is 0 Å². The molecule has 2 heterocycles. The lowest BCUT2D eigenvalue weighted by atomic mass is 10.1. The summed E-state index contributed by atoms with van der Waals surface area (Å²) in [5.41, 5.74) is 1.37. The van der Waals surface area contributed by atoms with E-state index < -0.39 is 0 Å². The Labute approximate surface area is 97.7 Å². The molecule has 16 heavy (non-hydrogen) atoms. The molecule has 0 radical (unpaired) electrons. The minimum atomic E-state index is -0.179. The first-order chi connectivity index (χ1) is 7.65. The third kappa shape index (κ3) is 2.86. The lowest BCUT2D eigenvalue weighted by Crippen LogP contribution is -2.31. The maximum absolute atomic E-state index is 9.47. The van der Waals surface area contributed by atoms with Crippen LogP contribution in [0.3, 0.4) is 0 Å². The van der Waals surface area contributed by atoms with Gasteiger partial charge in [0.2, 0.25) is 0 Å². The van der Waals surface area contributed by atoms with Gasteiger partial charge in [-0.3, -0.25) is 4.90 Å². The van der Waals surface area contributed by atoms with Crippen LogP contribution in [0.5, 0.6) is 0 Å². The van der Waals surface area contributed by atoms with E-state index in [-0.39, 0.29) is 6.10 Å². The molecule has 0 aromatic carbocycles. The van der Waals surface area contributed by atoms with Crippen LogP contribution in [0, 0.1) is 0 Å². The molecular formula is C13H22N2O. The molecule has 1 aliphatic heterocycles. The molecule has 0 amide bonds. The Morgan fingerprint density at radius 3 is 3.00 bits per heavy atom. The second-order valence-electron chi connectivity index (χ2n) is 5.04. The van der Waals surface area contributed by atoms with Gasteiger partial charge >= 0.3 is 0 Å². The fourth-order valence-electron chi connectivity index (χ4n) is 2.65. The molecule has 2 unspecified atom stereocenters. The SMILES string of the molecule is CC(O)CC1CCCN1Cc1ccn(C)c1. The summed E-state index contributed by atoms with van der Waals surface area (Å²) in [6.45, 7) is 4.09. The molecule has 0 spiro atoms. The van der Waals surface area contributed by atoms with Crippen molar-refractivity contribution in [2.75, 3.05) is 6.54 Å². The van der Waals surface area contributed by atoms with Gasteiger partial charge in [-0.2, -0.15) is 0 Å². The highest BCUT2D eigenvalue weighted by Gasteiger charge is 2.25. The van der Waals surface area contributed by atoms with E-state index in [2.05, 4.69) is 35.0 Å². The first-order valence-corrected chi connectivity index (χ1v) is 6.18. The fraction of sp³-hybridized carbons (Fsp3) is 0.692. The molecule has 0 aliphatic carbocycles. The number of aromatic nitrogens is 1. The van der Waals surface area contributed by atoms with Crippen LogP contribution in [0.2, 0.25) is 0 Å². The Balaban J connectivity index is 1.93. The molecule has 2 rings (SSSR count). The molecule has 0 bridgehead atoms. The normalized spacial score (nSPS) is 23.8. The average molecular weight is 222 g/mol. The molecule has 0 saturated carbocycles. The van der Waals surface area contributed by atoms with Crippen LogP contribution in [-0.4, -0.2) is 33.3 Å². The summed E-state index contributed by atoms with van der Waals surface area (Å²) in [7, 11) is 2.06. The van der Waals surface area contributed by atoms with E-state index in [9.17, 15) is 5.11 Å². The van der Waals surface area contributed by atoms with Crippen molar-refractivity contribution in [2.24, 2.45) is 7.05 Å². The molecule has 3 nitrogen and oxygen atoms in total. The van der Waals surface area contributed by atoms with Gasteiger partial charge in [0.05, 0.1) is 6.10 Å². The van der Waals surface area contributed by atoms with Gasteiger partial charge in [0, 0.05) is 32.0 Å². The molecule has 1 N–H and O–H groups in total. The minimum Gasteiger partial charge on any atom is -0.393 e. The maximum atomic E-state index is 9.47. The highest BCUT2D eigenvalue weighted by Crippen LogP contribution is 2.23. The quantitative estimate of drug-likeness (QED) is 0.841. The third-order valence-corrected chi connectivity index (χ3v) is 3.39. The van der Waals surface area contributed by atoms with Crippen LogP contribution in [0.4, 0.5) is 0 Å². The number of aliphatic hydroxyl groups is 1. The van der Waals surface area contributed by atoms with Crippen LogP contribution in [0.15, 0.2) is 18.5 Å². The third-order valence-electron chi connectivity index (χ3n) is 3.39. The Morgan fingerprint density at radius 1 is 1.56 bits per heavy atom. The van der Waals surface area contributed by atoms with E-state index >= 15 is 0 Å². The lowest BCUT2D eigenvalue weighted by Gasteiger charge is -2.25. The highest BCUT2D eigenvalue weighted by molar-refractivity contribution is 5.10. The van der Waals surface area contributed by atoms with E-state index in [0.29, 0.717) is 6.04 Å². The van der Waals surface area contributed by atoms with Crippen molar-refractivity contribution in [3.63, 3.8) is 0 Å². The summed E-state index contributed by atoms with van der Waals surface area (Å²) in [5.74, 6) is 0. The molecule has 3 heteroatoms. The molecule has 1 aromatic heterocycles. The van der Waals surface area contributed by atoms with Gasteiger partial charge < -0.3 is 9.67 Å². The summed E-state index contributed by atoms with van der Waals surface area (Å²) < 4.78 is 2.09. The summed E-state index contributed by atoms with van der Waals surface area (Å²) in [5, 5.41) is 9.47. The minimum absolute atomic E-state index is 0.179. The van der Waals surface area contributed by atoms with Crippen LogP contribution < -0.4 is 0 Å². The number of aliphatic hydroxyl groups excluding tert-OH is 1. The van der Waals surface area contributed by atoms with Crippen molar-refractivity contribution in [1.82, 2.24) is 9.47 Å². The van der Waals surface area contributed by atoms with Gasteiger partial charge in [-0.15, -0.1) is 0 Å². The van der Waals surface area contributed by atoms with Gasteiger partial charge in [-0.1, -0.05) is 0 Å². The molecule has 90 valence electrons. The fourth-order valence-corrected chi connectivity index (χ4v) is 2.65. The van der Waals surface area contributed by atoms with Gasteiger partial charge in [0.1, 0.15) is 0 Å². The number of likely N-dealkylation sites (tertiary alicyclic amines) is 1. The van der Waals surface area contributed by atoms with Gasteiger partial charge in [0.15, 0.2) is 0 Å². The smallest absolute Gasteiger partial charge is 0.0527 e. The van der Waals surface area contributed by atoms with Crippen molar-refractivity contribution < 1.29 is 5.11 Å². The Kier molecular flexibility index (Phi) is 3.66. The zero-order valence-electron chi connectivity index (χ0n) is 10.3. The predicted octanol–water partition coefficient (Wildman–Crippen LogP) is 1.76. The molecule has 1 fully saturated rings. The standard InChI is InChI=1S/C13H22N2O/c1-11(16)8-13-4-3-6-15(13)10-12-5-7-14(2)9-12/h5,7,9,11,13,16H,3-4,6,8,10H2,1-2H3. The van der Waals surface area contributed by atoms with Crippen LogP contribution >= 0.6 is 0 Å². The molecular weight excluding hydrogens is 200 g/mol. The first-order valence-electron chi connectivity index (χ1n) is 6.18. The molecule has 2 atom stereocenters. The van der Waals surface area contributed by atoms with Crippen molar-refractivity contribution in [2.45, 2.75) is 44.9 Å². The van der Waals surface area contributed by atoms with Crippen molar-refractivity contribution in [3.8, 4) is 0 Å². The lowest BCUT2D eigenvalue weighted by molar-refractivity contribution is 0.131. The van der Waals surface area contributed by atoms with Crippen LogP contribution in [-0.2, 0) is 13.6 Å². The summed E-state index contributed by atoms with van der Waals surface area (Å²) in [6, 6.07) is 2.75. The van der Waals surface area contributed by atoms with Gasteiger partial charge in [0.25, 0.3) is 0 Å². The van der Waals surface area contributed by atoms with Gasteiger partial charge in [-0.05, 0) is 44.4 Å². The Hall–Kier alpha value is -0.800. The molecule has 1 aliphatic rings. The van der Waals surface area contributed by atoms with Crippen LogP contribution in [0.1, 0.15) is 31.7 Å². The topological polar surface area (TPSA) is 28.4 Å². The van der Waals surface area contributed by atoms with Crippen molar-refractivity contribution in [3.05, 3.63) is 24.0 Å². The van der Waals surface area contributed by atoms with Crippen molar-refractivity contribution >= 4 is 0 Å². The number of hydrogen-bond acceptors (Lipinski definition) is 2. The zero-order chi connectivity index (χ0) is 11.5. The second kappa shape index (κ2) is 5.02. The number of hydrogen-bond donors (Lipinski definition) is 1. The predicted molar refractivity (Wildman–Crippen MR) is 65.1 cm³/mol. The van der Waals surface area contributed by atoms with Gasteiger partial charge in [-0.25, -0.2) is 0 Å². The average Bonchev–Trinajstić information content (AvgIpc) is 2.77. The highest BCUT2D eigenvalue weighted by atomic mass is 16.3. The summed E-state index contributed by atoms with van der Waals surface area (Å²) in [4.78, 5) is 2.50. The monoisotopic (exact) mass is 222 g/mol. The van der Waals surface area contributed by atoms with E-state index in [1.54, 1.807) is 0 Å². The molecule has 1 aromatic rings. The number of aryl methyl sites for hydroxylation is 1. The van der Waals surface area contributed by atoms with E-state index in [1.807, 2.05) is 6.92 Å². The summed E-state index contributed by atoms with van der Waals surface area (Å²) >= 11 is 0. The zero-order valence-corrected chi connectivity index (χ0v) is 10.3. The van der Waals surface area contributed by atoms with E-state index in [1.165, 1.54) is 24.9 Å². The largest absolute Gasteiger partial charge is 0.393 e. The molecule has 1 saturated heterocycles. The summed E-state index contributed by atoms with van der Waals surface area (Å²) in [6.07, 6.45) is 7.50. The number of rotatable bonds is 4. The van der Waals surface area contributed by atoms with Crippen LogP contribution in [0.25, 0.3) is 0 Å². The Morgan fingerprint density at radius 2 is 2.38 bits per heavy atom.